The van der Waals surface area contributed by atoms with Crippen LogP contribution in [0.15, 0.2) is 24.3 Å². The lowest BCUT2D eigenvalue weighted by Gasteiger charge is -2.14. The van der Waals surface area contributed by atoms with Crippen LogP contribution in [0.4, 0.5) is 0 Å². The number of para-hydroxylation sites is 1. The Bertz CT molecular complexity index is 515. The highest BCUT2D eigenvalue weighted by molar-refractivity contribution is 5.41. The number of aryl methyl sites for hydroxylation is 1. The number of fused-ring (bicyclic) bond motifs is 1. The molecule has 1 aliphatic heterocycles. The minimum Gasteiger partial charge on any atom is -0.311 e. The summed E-state index contributed by atoms with van der Waals surface area (Å²) in [5.74, 6) is 0. The zero-order chi connectivity index (χ0) is 11.0. The molecule has 4 heteroatoms. The van der Waals surface area contributed by atoms with Crippen LogP contribution in [0.1, 0.15) is 17.0 Å². The average Bonchev–Trinajstić information content (AvgIpc) is 2.74. The molecule has 3 rings (SSSR count). The van der Waals surface area contributed by atoms with E-state index in [-0.39, 0.29) is 0 Å². The van der Waals surface area contributed by atoms with Crippen LogP contribution >= 0.6 is 0 Å². The first-order chi connectivity index (χ1) is 7.86. The Morgan fingerprint density at radius 2 is 2.19 bits per heavy atom. The molecule has 1 N–H and O–H groups in total. The fraction of sp³-hybridized carbons (Fsp3) is 0.333. The molecule has 82 valence electrons. The molecule has 2 aromatic rings. The van der Waals surface area contributed by atoms with Crippen LogP contribution in [0.2, 0.25) is 0 Å². The highest BCUT2D eigenvalue weighted by atomic mass is 15.4. The zero-order valence-corrected chi connectivity index (χ0v) is 9.27. The molecule has 0 atom stereocenters. The van der Waals surface area contributed by atoms with Gasteiger partial charge in [-0.3, -0.25) is 0 Å². The Morgan fingerprint density at radius 3 is 3.06 bits per heavy atom. The molecule has 0 aliphatic carbocycles. The summed E-state index contributed by atoms with van der Waals surface area (Å²) >= 11 is 0. The number of nitrogens with one attached hydrogen (secondary N) is 1. The fourth-order valence-corrected chi connectivity index (χ4v) is 2.11. The molecule has 0 amide bonds. The molecule has 4 nitrogen and oxygen atoms in total. The van der Waals surface area contributed by atoms with Gasteiger partial charge in [-0.15, -0.1) is 5.10 Å². The van der Waals surface area contributed by atoms with Crippen molar-refractivity contribution in [2.75, 3.05) is 6.54 Å². The van der Waals surface area contributed by atoms with Gasteiger partial charge in [0.1, 0.15) is 0 Å². The Hall–Kier alpha value is -1.68. The highest BCUT2D eigenvalue weighted by Gasteiger charge is 2.17. The van der Waals surface area contributed by atoms with Crippen molar-refractivity contribution in [1.82, 2.24) is 20.3 Å². The van der Waals surface area contributed by atoms with E-state index in [4.69, 9.17) is 0 Å². The predicted octanol–water partition coefficient (Wildman–Crippen LogP) is 1.22. The SMILES string of the molecule is Cc1ccccc1-n1nnc2c1CNCC2. The molecule has 0 saturated heterocycles. The average molecular weight is 214 g/mol. The topological polar surface area (TPSA) is 42.7 Å². The van der Waals surface area contributed by atoms with E-state index in [1.807, 2.05) is 16.8 Å². The maximum absolute atomic E-state index is 4.26. The lowest BCUT2D eigenvalue weighted by atomic mass is 10.1. The molecule has 2 heterocycles. The highest BCUT2D eigenvalue weighted by Crippen LogP contribution is 2.18. The van der Waals surface area contributed by atoms with Crippen LogP contribution in [0.3, 0.4) is 0 Å². The van der Waals surface area contributed by atoms with Gasteiger partial charge in [0.05, 0.1) is 17.1 Å². The number of benzene rings is 1. The van der Waals surface area contributed by atoms with Gasteiger partial charge in [0.2, 0.25) is 0 Å². The summed E-state index contributed by atoms with van der Waals surface area (Å²) < 4.78 is 1.96. The Labute approximate surface area is 94.3 Å². The van der Waals surface area contributed by atoms with Gasteiger partial charge in [-0.25, -0.2) is 4.68 Å². The van der Waals surface area contributed by atoms with E-state index in [1.165, 1.54) is 11.3 Å². The zero-order valence-electron chi connectivity index (χ0n) is 9.27. The van der Waals surface area contributed by atoms with Gasteiger partial charge in [-0.2, -0.15) is 0 Å². The summed E-state index contributed by atoms with van der Waals surface area (Å²) in [5.41, 5.74) is 4.67. The first-order valence-corrected chi connectivity index (χ1v) is 5.56. The first kappa shape index (κ1) is 9.54. The molecule has 1 aromatic heterocycles. The van der Waals surface area contributed by atoms with E-state index in [9.17, 15) is 0 Å². The van der Waals surface area contributed by atoms with Crippen LogP contribution in [-0.2, 0) is 13.0 Å². The molecule has 0 spiro atoms. The molecule has 1 aliphatic rings. The van der Waals surface area contributed by atoms with Crippen LogP contribution < -0.4 is 5.32 Å². The minimum absolute atomic E-state index is 0.858. The second-order valence-electron chi connectivity index (χ2n) is 4.11. The van der Waals surface area contributed by atoms with Crippen molar-refractivity contribution < 1.29 is 0 Å². The number of rotatable bonds is 1. The number of hydrogen-bond donors (Lipinski definition) is 1. The molecule has 16 heavy (non-hydrogen) atoms. The molecule has 0 unspecified atom stereocenters. The standard InChI is InChI=1S/C12H14N4/c1-9-4-2-3-5-11(9)16-12-8-13-7-6-10(12)14-15-16/h2-5,13H,6-8H2,1H3. The minimum atomic E-state index is 0.858. The Kier molecular flexibility index (Phi) is 2.22. The van der Waals surface area contributed by atoms with Crippen molar-refractivity contribution in [1.29, 1.82) is 0 Å². The molecular weight excluding hydrogens is 200 g/mol. The fourth-order valence-electron chi connectivity index (χ4n) is 2.11. The third kappa shape index (κ3) is 1.42. The van der Waals surface area contributed by atoms with Gasteiger partial charge in [0.25, 0.3) is 0 Å². The van der Waals surface area contributed by atoms with Gasteiger partial charge >= 0.3 is 0 Å². The Morgan fingerprint density at radius 1 is 1.31 bits per heavy atom. The number of aromatic nitrogens is 3. The monoisotopic (exact) mass is 214 g/mol. The molecular formula is C12H14N4. The van der Waals surface area contributed by atoms with E-state index in [0.717, 1.165) is 30.9 Å². The van der Waals surface area contributed by atoms with Crippen molar-refractivity contribution in [3.8, 4) is 5.69 Å². The quantitative estimate of drug-likeness (QED) is 0.776. The van der Waals surface area contributed by atoms with Crippen molar-refractivity contribution in [2.45, 2.75) is 19.9 Å². The maximum Gasteiger partial charge on any atom is 0.0889 e. The van der Waals surface area contributed by atoms with Crippen molar-refractivity contribution in [3.63, 3.8) is 0 Å². The van der Waals surface area contributed by atoms with Gasteiger partial charge in [0.15, 0.2) is 0 Å². The lowest BCUT2D eigenvalue weighted by Crippen LogP contribution is -2.25. The van der Waals surface area contributed by atoms with Crippen molar-refractivity contribution in [2.24, 2.45) is 0 Å². The Balaban J connectivity index is 2.13. The van der Waals surface area contributed by atoms with E-state index < -0.39 is 0 Å². The molecule has 0 radical (unpaired) electrons. The normalized spacial score (nSPS) is 14.8. The van der Waals surface area contributed by atoms with Gasteiger partial charge in [-0.05, 0) is 18.6 Å². The summed E-state index contributed by atoms with van der Waals surface area (Å²) in [4.78, 5) is 0. The van der Waals surface area contributed by atoms with Crippen LogP contribution in [-0.4, -0.2) is 21.5 Å². The summed E-state index contributed by atoms with van der Waals surface area (Å²) in [7, 11) is 0. The molecule has 0 fully saturated rings. The molecule has 0 saturated carbocycles. The van der Waals surface area contributed by atoms with E-state index in [1.54, 1.807) is 0 Å². The van der Waals surface area contributed by atoms with Gasteiger partial charge in [-0.1, -0.05) is 23.4 Å². The maximum atomic E-state index is 4.26. The summed E-state index contributed by atoms with van der Waals surface area (Å²) in [6.07, 6.45) is 0.973. The lowest BCUT2D eigenvalue weighted by molar-refractivity contribution is 0.613. The second kappa shape index (κ2) is 3.72. The number of nitrogens with zero attached hydrogens (tertiary/aromatic N) is 3. The van der Waals surface area contributed by atoms with Gasteiger partial charge in [0, 0.05) is 19.5 Å². The summed E-state index contributed by atoms with van der Waals surface area (Å²) in [5, 5.41) is 11.9. The smallest absolute Gasteiger partial charge is 0.0889 e. The first-order valence-electron chi connectivity index (χ1n) is 5.56. The predicted molar refractivity (Wildman–Crippen MR) is 61.5 cm³/mol. The summed E-state index contributed by atoms with van der Waals surface area (Å²) in [6, 6.07) is 8.26. The van der Waals surface area contributed by atoms with Gasteiger partial charge < -0.3 is 5.32 Å². The van der Waals surface area contributed by atoms with E-state index >= 15 is 0 Å². The third-order valence-corrected chi connectivity index (χ3v) is 3.02. The third-order valence-electron chi connectivity index (χ3n) is 3.02. The summed E-state index contributed by atoms with van der Waals surface area (Å²) in [6.45, 7) is 3.95. The van der Waals surface area contributed by atoms with Crippen LogP contribution in [0.25, 0.3) is 5.69 Å². The molecule has 1 aromatic carbocycles. The van der Waals surface area contributed by atoms with Crippen molar-refractivity contribution in [3.05, 3.63) is 41.2 Å². The van der Waals surface area contributed by atoms with E-state index in [2.05, 4.69) is 34.7 Å². The number of hydrogen-bond acceptors (Lipinski definition) is 3. The molecule has 0 bridgehead atoms. The van der Waals surface area contributed by atoms with Crippen molar-refractivity contribution >= 4 is 0 Å². The second-order valence-corrected chi connectivity index (χ2v) is 4.11. The van der Waals surface area contributed by atoms with Crippen LogP contribution in [0.5, 0.6) is 0 Å². The van der Waals surface area contributed by atoms with E-state index in [0.29, 0.717) is 0 Å². The van der Waals surface area contributed by atoms with Crippen LogP contribution in [0, 0.1) is 6.92 Å². The largest absolute Gasteiger partial charge is 0.311 e.